The molecule has 2 aliphatic rings. The molecule has 0 aromatic carbocycles. The molecule has 0 saturated heterocycles. The Balaban J connectivity index is 2.43. The number of carbonyl (C=O) groups is 2. The maximum Gasteiger partial charge on any atom is 0.306 e. The van der Waals surface area contributed by atoms with E-state index in [0.29, 0.717) is 12.8 Å². The summed E-state index contributed by atoms with van der Waals surface area (Å²) in [5, 5.41) is 9.06. The molecule has 0 heterocycles. The SMILES string of the molecule is CC12CC(C(=O)O)C(CC1=O)C2(C)C. The van der Waals surface area contributed by atoms with Crippen molar-refractivity contribution in [1.29, 1.82) is 0 Å². The van der Waals surface area contributed by atoms with Crippen LogP contribution in [0.25, 0.3) is 0 Å². The highest BCUT2D eigenvalue weighted by atomic mass is 16.4. The molecule has 0 amide bonds. The van der Waals surface area contributed by atoms with Crippen molar-refractivity contribution in [3.63, 3.8) is 0 Å². The molecule has 0 spiro atoms. The zero-order chi connectivity index (χ0) is 10.7. The maximum atomic E-state index is 11.7. The lowest BCUT2D eigenvalue weighted by atomic mass is 9.70. The van der Waals surface area contributed by atoms with Crippen LogP contribution >= 0.6 is 0 Å². The van der Waals surface area contributed by atoms with Crippen LogP contribution in [0.2, 0.25) is 0 Å². The molecule has 2 saturated carbocycles. The minimum atomic E-state index is -0.737. The third kappa shape index (κ3) is 0.830. The van der Waals surface area contributed by atoms with Gasteiger partial charge in [0.1, 0.15) is 5.78 Å². The molecule has 3 heteroatoms. The van der Waals surface area contributed by atoms with Crippen molar-refractivity contribution < 1.29 is 14.7 Å². The first-order valence-electron chi connectivity index (χ1n) is 5.07. The Kier molecular flexibility index (Phi) is 1.65. The van der Waals surface area contributed by atoms with Gasteiger partial charge >= 0.3 is 5.97 Å². The molecule has 2 rings (SSSR count). The zero-order valence-electron chi connectivity index (χ0n) is 8.83. The van der Waals surface area contributed by atoms with Gasteiger partial charge < -0.3 is 5.11 Å². The van der Waals surface area contributed by atoms with Crippen LogP contribution in [0.1, 0.15) is 33.6 Å². The summed E-state index contributed by atoms with van der Waals surface area (Å²) >= 11 is 0. The van der Waals surface area contributed by atoms with Crippen LogP contribution in [0.5, 0.6) is 0 Å². The topological polar surface area (TPSA) is 54.4 Å². The summed E-state index contributed by atoms with van der Waals surface area (Å²) in [6, 6.07) is 0. The van der Waals surface area contributed by atoms with Crippen LogP contribution in [0.4, 0.5) is 0 Å². The Morgan fingerprint density at radius 3 is 2.29 bits per heavy atom. The van der Waals surface area contributed by atoms with E-state index in [2.05, 4.69) is 0 Å². The van der Waals surface area contributed by atoms with Gasteiger partial charge in [-0.1, -0.05) is 20.8 Å². The largest absolute Gasteiger partial charge is 0.481 e. The number of carboxylic acids is 1. The molecule has 3 unspecified atom stereocenters. The number of hydrogen-bond acceptors (Lipinski definition) is 2. The second kappa shape index (κ2) is 2.38. The molecule has 78 valence electrons. The van der Waals surface area contributed by atoms with Crippen LogP contribution < -0.4 is 0 Å². The fraction of sp³-hybridized carbons (Fsp3) is 0.818. The van der Waals surface area contributed by atoms with Crippen molar-refractivity contribution in [2.75, 3.05) is 0 Å². The molecule has 1 N–H and O–H groups in total. The lowest BCUT2D eigenvalue weighted by Crippen LogP contribution is -2.32. The summed E-state index contributed by atoms with van der Waals surface area (Å²) in [5.74, 6) is -0.755. The monoisotopic (exact) mass is 196 g/mol. The molecule has 2 fully saturated rings. The highest BCUT2D eigenvalue weighted by Gasteiger charge is 2.66. The Hall–Kier alpha value is -0.860. The molecule has 3 nitrogen and oxygen atoms in total. The summed E-state index contributed by atoms with van der Waals surface area (Å²) in [6.45, 7) is 6.00. The average molecular weight is 196 g/mol. The van der Waals surface area contributed by atoms with Crippen LogP contribution in [0.15, 0.2) is 0 Å². The van der Waals surface area contributed by atoms with Gasteiger partial charge in [0.15, 0.2) is 0 Å². The van der Waals surface area contributed by atoms with E-state index >= 15 is 0 Å². The first-order chi connectivity index (χ1) is 6.30. The van der Waals surface area contributed by atoms with Gasteiger partial charge in [-0.05, 0) is 17.8 Å². The number of fused-ring (bicyclic) bond motifs is 2. The molecule has 0 aromatic heterocycles. The van der Waals surface area contributed by atoms with E-state index in [1.165, 1.54) is 0 Å². The molecular formula is C11H16O3. The van der Waals surface area contributed by atoms with Crippen molar-refractivity contribution in [3.8, 4) is 0 Å². The van der Waals surface area contributed by atoms with Crippen molar-refractivity contribution in [3.05, 3.63) is 0 Å². The van der Waals surface area contributed by atoms with E-state index in [4.69, 9.17) is 5.11 Å². The Morgan fingerprint density at radius 1 is 1.43 bits per heavy atom. The van der Waals surface area contributed by atoms with E-state index in [-0.39, 0.29) is 23.0 Å². The Labute approximate surface area is 83.5 Å². The second-order valence-electron chi connectivity index (χ2n) is 5.44. The van der Waals surface area contributed by atoms with E-state index in [0.717, 1.165) is 0 Å². The first kappa shape index (κ1) is 9.69. The summed E-state index contributed by atoms with van der Waals surface area (Å²) in [7, 11) is 0. The molecule has 0 radical (unpaired) electrons. The number of hydrogen-bond donors (Lipinski definition) is 1. The molecule has 0 aromatic rings. The lowest BCUT2D eigenvalue weighted by molar-refractivity contribution is -0.144. The third-order valence-corrected chi connectivity index (χ3v) is 4.80. The van der Waals surface area contributed by atoms with Gasteiger partial charge in [0, 0.05) is 11.8 Å². The highest BCUT2D eigenvalue weighted by Crippen LogP contribution is 2.65. The molecule has 2 aliphatic carbocycles. The lowest BCUT2D eigenvalue weighted by Gasteiger charge is -2.32. The minimum Gasteiger partial charge on any atom is -0.481 e. The molecular weight excluding hydrogens is 180 g/mol. The number of rotatable bonds is 1. The van der Waals surface area contributed by atoms with E-state index in [1.54, 1.807) is 0 Å². The van der Waals surface area contributed by atoms with Crippen LogP contribution in [-0.4, -0.2) is 16.9 Å². The smallest absolute Gasteiger partial charge is 0.306 e. The highest BCUT2D eigenvalue weighted by molar-refractivity contribution is 5.91. The van der Waals surface area contributed by atoms with E-state index in [9.17, 15) is 9.59 Å². The second-order valence-corrected chi connectivity index (χ2v) is 5.44. The summed E-state index contributed by atoms with van der Waals surface area (Å²) in [5.41, 5.74) is -0.548. The number of carboxylic acid groups (broad SMARTS) is 1. The van der Waals surface area contributed by atoms with Gasteiger partial charge in [-0.3, -0.25) is 9.59 Å². The normalized spacial score (nSPS) is 44.4. The molecule has 0 aliphatic heterocycles. The van der Waals surface area contributed by atoms with Gasteiger partial charge in [-0.25, -0.2) is 0 Å². The quantitative estimate of drug-likeness (QED) is 0.694. The fourth-order valence-electron chi connectivity index (χ4n) is 3.31. The predicted octanol–water partition coefficient (Wildman–Crippen LogP) is 1.71. The van der Waals surface area contributed by atoms with Crippen molar-refractivity contribution in [1.82, 2.24) is 0 Å². The Morgan fingerprint density at radius 2 is 2.00 bits per heavy atom. The van der Waals surface area contributed by atoms with E-state index < -0.39 is 11.4 Å². The van der Waals surface area contributed by atoms with Crippen molar-refractivity contribution in [2.45, 2.75) is 33.6 Å². The average Bonchev–Trinajstić information content (AvgIpc) is 2.34. The van der Waals surface area contributed by atoms with Crippen LogP contribution in [-0.2, 0) is 9.59 Å². The van der Waals surface area contributed by atoms with Crippen molar-refractivity contribution in [2.24, 2.45) is 22.7 Å². The van der Waals surface area contributed by atoms with Gasteiger partial charge in [-0.15, -0.1) is 0 Å². The van der Waals surface area contributed by atoms with E-state index in [1.807, 2.05) is 20.8 Å². The number of aliphatic carboxylic acids is 1. The summed E-state index contributed by atoms with van der Waals surface area (Å²) in [4.78, 5) is 22.8. The van der Waals surface area contributed by atoms with Crippen LogP contribution in [0, 0.1) is 22.7 Å². The number of ketones is 1. The number of Topliss-reactive ketones (excluding diaryl/α,β-unsaturated/α-hetero) is 1. The predicted molar refractivity (Wildman–Crippen MR) is 50.7 cm³/mol. The maximum absolute atomic E-state index is 11.7. The van der Waals surface area contributed by atoms with Crippen molar-refractivity contribution >= 4 is 11.8 Å². The molecule has 14 heavy (non-hydrogen) atoms. The van der Waals surface area contributed by atoms with Gasteiger partial charge in [-0.2, -0.15) is 0 Å². The van der Waals surface area contributed by atoms with Gasteiger partial charge in [0.25, 0.3) is 0 Å². The summed E-state index contributed by atoms with van der Waals surface area (Å²) in [6.07, 6.45) is 0.985. The van der Waals surface area contributed by atoms with Gasteiger partial charge in [0.05, 0.1) is 5.92 Å². The zero-order valence-corrected chi connectivity index (χ0v) is 8.83. The van der Waals surface area contributed by atoms with Crippen LogP contribution in [0.3, 0.4) is 0 Å². The molecule has 2 bridgehead atoms. The minimum absolute atomic E-state index is 0.0394. The Bertz CT molecular complexity index is 318. The first-order valence-corrected chi connectivity index (χ1v) is 5.07. The number of carbonyl (C=O) groups excluding carboxylic acids is 1. The fourth-order valence-corrected chi connectivity index (χ4v) is 3.31. The summed E-state index contributed by atoms with van der Waals surface area (Å²) < 4.78 is 0. The van der Waals surface area contributed by atoms with Gasteiger partial charge in [0.2, 0.25) is 0 Å². The standard InChI is InChI=1S/C11H16O3/c1-10(2)7-4-8(12)11(10,3)5-6(7)9(13)14/h6-7H,4-5H2,1-3H3,(H,13,14). The molecule has 3 atom stereocenters. The third-order valence-electron chi connectivity index (χ3n) is 4.80.